The minimum atomic E-state index is 0.581. The first-order valence-corrected chi connectivity index (χ1v) is 8.78. The van der Waals surface area contributed by atoms with Gasteiger partial charge in [0.25, 0.3) is 0 Å². The van der Waals surface area contributed by atoms with Crippen molar-refractivity contribution in [2.75, 3.05) is 21.3 Å². The van der Waals surface area contributed by atoms with Crippen LogP contribution in [0.3, 0.4) is 0 Å². The Morgan fingerprint density at radius 2 is 1.88 bits per heavy atom. The second-order valence-electron chi connectivity index (χ2n) is 5.70. The first kappa shape index (κ1) is 19.6. The summed E-state index contributed by atoms with van der Waals surface area (Å²) >= 11 is 0. The second kappa shape index (κ2) is 9.70. The fourth-order valence-electron chi connectivity index (χ4n) is 2.71. The molecule has 2 aromatic rings. The lowest BCUT2D eigenvalue weighted by Gasteiger charge is -2.14. The molecule has 0 spiro atoms. The van der Waals surface area contributed by atoms with E-state index >= 15 is 0 Å². The molecule has 26 heavy (non-hydrogen) atoms. The van der Waals surface area contributed by atoms with Gasteiger partial charge in [0.1, 0.15) is 17.3 Å². The highest BCUT2D eigenvalue weighted by atomic mass is 16.5. The molecule has 0 aliphatic rings. The molecule has 0 amide bonds. The van der Waals surface area contributed by atoms with Gasteiger partial charge in [0.05, 0.1) is 19.9 Å². The van der Waals surface area contributed by atoms with Gasteiger partial charge in [0, 0.05) is 43.8 Å². The molecule has 0 saturated carbocycles. The van der Waals surface area contributed by atoms with Crippen LogP contribution in [0, 0.1) is 0 Å². The summed E-state index contributed by atoms with van der Waals surface area (Å²) in [6, 6.07) is 5.75. The van der Waals surface area contributed by atoms with Crippen molar-refractivity contribution < 1.29 is 14.0 Å². The third kappa shape index (κ3) is 4.68. The Labute approximate surface area is 154 Å². The van der Waals surface area contributed by atoms with Crippen LogP contribution in [0.2, 0.25) is 0 Å². The Kier molecular flexibility index (Phi) is 7.32. The van der Waals surface area contributed by atoms with E-state index in [0.717, 1.165) is 46.9 Å². The molecule has 2 rings (SSSR count). The minimum absolute atomic E-state index is 0.581. The maximum absolute atomic E-state index is 5.43. The SMILES string of the molecule is CCc1noc(CC)c1CNC(=NC)NCc1ccc(OC)cc1OC. The number of nitrogens with one attached hydrogen (secondary N) is 2. The molecular formula is C19H28N4O3. The summed E-state index contributed by atoms with van der Waals surface area (Å²) in [5.74, 6) is 3.16. The van der Waals surface area contributed by atoms with E-state index in [9.17, 15) is 0 Å². The quantitative estimate of drug-likeness (QED) is 0.556. The number of hydrogen-bond donors (Lipinski definition) is 2. The Bertz CT molecular complexity index is 719. The van der Waals surface area contributed by atoms with Gasteiger partial charge in [-0.1, -0.05) is 19.0 Å². The van der Waals surface area contributed by atoms with E-state index in [4.69, 9.17) is 14.0 Å². The first-order chi connectivity index (χ1) is 12.7. The molecule has 1 aromatic carbocycles. The molecular weight excluding hydrogens is 332 g/mol. The van der Waals surface area contributed by atoms with Gasteiger partial charge >= 0.3 is 0 Å². The van der Waals surface area contributed by atoms with Crippen molar-refractivity contribution in [2.24, 2.45) is 4.99 Å². The summed E-state index contributed by atoms with van der Waals surface area (Å²) in [4.78, 5) is 4.28. The van der Waals surface area contributed by atoms with Crippen molar-refractivity contribution in [2.45, 2.75) is 39.8 Å². The van der Waals surface area contributed by atoms with Crippen LogP contribution in [-0.2, 0) is 25.9 Å². The van der Waals surface area contributed by atoms with Crippen LogP contribution in [0.5, 0.6) is 11.5 Å². The third-order valence-corrected chi connectivity index (χ3v) is 4.20. The number of methoxy groups -OCH3 is 2. The molecule has 0 bridgehead atoms. The van der Waals surface area contributed by atoms with Gasteiger partial charge < -0.3 is 24.6 Å². The number of benzene rings is 1. The summed E-state index contributed by atoms with van der Waals surface area (Å²) in [6.45, 7) is 5.34. The highest BCUT2D eigenvalue weighted by Gasteiger charge is 2.14. The average Bonchev–Trinajstić information content (AvgIpc) is 3.09. The van der Waals surface area contributed by atoms with E-state index in [2.05, 4.69) is 34.6 Å². The fraction of sp³-hybridized carbons (Fsp3) is 0.474. The Hall–Kier alpha value is -2.70. The number of aryl methyl sites for hydroxylation is 2. The summed E-state index contributed by atoms with van der Waals surface area (Å²) in [5.41, 5.74) is 3.12. The molecule has 1 aromatic heterocycles. The van der Waals surface area contributed by atoms with E-state index in [1.54, 1.807) is 21.3 Å². The Morgan fingerprint density at radius 1 is 1.12 bits per heavy atom. The number of rotatable bonds is 8. The lowest BCUT2D eigenvalue weighted by Crippen LogP contribution is -2.36. The Morgan fingerprint density at radius 3 is 2.50 bits per heavy atom. The van der Waals surface area contributed by atoms with Gasteiger partial charge in [0.2, 0.25) is 0 Å². The highest BCUT2D eigenvalue weighted by molar-refractivity contribution is 5.79. The van der Waals surface area contributed by atoms with Gasteiger partial charge in [-0.05, 0) is 18.6 Å². The topological polar surface area (TPSA) is 80.9 Å². The number of aromatic nitrogens is 1. The highest BCUT2D eigenvalue weighted by Crippen LogP contribution is 2.24. The lowest BCUT2D eigenvalue weighted by atomic mass is 10.1. The predicted molar refractivity (Wildman–Crippen MR) is 102 cm³/mol. The van der Waals surface area contributed by atoms with Crippen molar-refractivity contribution in [3.8, 4) is 11.5 Å². The van der Waals surface area contributed by atoms with E-state index in [1.807, 2.05) is 18.2 Å². The van der Waals surface area contributed by atoms with E-state index in [0.29, 0.717) is 19.0 Å². The molecule has 0 radical (unpaired) electrons. The Balaban J connectivity index is 2.00. The van der Waals surface area contributed by atoms with Crippen LogP contribution >= 0.6 is 0 Å². The van der Waals surface area contributed by atoms with Gasteiger partial charge in [0.15, 0.2) is 5.96 Å². The summed E-state index contributed by atoms with van der Waals surface area (Å²) in [6.07, 6.45) is 1.66. The molecule has 0 aliphatic carbocycles. The summed E-state index contributed by atoms with van der Waals surface area (Å²) < 4.78 is 16.1. The van der Waals surface area contributed by atoms with Gasteiger partial charge in [-0.2, -0.15) is 0 Å². The maximum Gasteiger partial charge on any atom is 0.191 e. The number of guanidine groups is 1. The van der Waals surface area contributed by atoms with E-state index in [1.165, 1.54) is 0 Å². The molecule has 0 atom stereocenters. The molecule has 7 nitrogen and oxygen atoms in total. The standard InChI is InChI=1S/C19H28N4O3/c1-6-16-15(17(7-2)26-23-16)12-22-19(20-3)21-11-13-8-9-14(24-4)10-18(13)25-5/h8-10H,6-7,11-12H2,1-5H3,(H2,20,21,22). The van der Waals surface area contributed by atoms with Crippen molar-refractivity contribution >= 4 is 5.96 Å². The predicted octanol–water partition coefficient (Wildman–Crippen LogP) is 2.68. The molecule has 0 aliphatic heterocycles. The largest absolute Gasteiger partial charge is 0.497 e. The van der Waals surface area contributed by atoms with Crippen molar-refractivity contribution in [1.82, 2.24) is 15.8 Å². The zero-order valence-corrected chi connectivity index (χ0v) is 16.2. The molecule has 0 saturated heterocycles. The molecule has 0 fully saturated rings. The lowest BCUT2D eigenvalue weighted by molar-refractivity contribution is 0.380. The average molecular weight is 360 g/mol. The number of nitrogens with zero attached hydrogens (tertiary/aromatic N) is 2. The number of hydrogen-bond acceptors (Lipinski definition) is 5. The van der Waals surface area contributed by atoms with Crippen LogP contribution < -0.4 is 20.1 Å². The normalized spacial score (nSPS) is 11.3. The van der Waals surface area contributed by atoms with E-state index < -0.39 is 0 Å². The first-order valence-electron chi connectivity index (χ1n) is 8.78. The molecule has 7 heteroatoms. The van der Waals surface area contributed by atoms with Crippen LogP contribution in [0.15, 0.2) is 27.7 Å². The number of ether oxygens (including phenoxy) is 2. The summed E-state index contributed by atoms with van der Waals surface area (Å²) in [7, 11) is 5.03. The van der Waals surface area contributed by atoms with E-state index in [-0.39, 0.29) is 0 Å². The zero-order valence-electron chi connectivity index (χ0n) is 16.2. The van der Waals surface area contributed by atoms with Crippen molar-refractivity contribution in [3.05, 3.63) is 40.8 Å². The van der Waals surface area contributed by atoms with Crippen molar-refractivity contribution in [1.29, 1.82) is 0 Å². The minimum Gasteiger partial charge on any atom is -0.497 e. The molecule has 2 N–H and O–H groups in total. The van der Waals surface area contributed by atoms with Gasteiger partial charge in [-0.25, -0.2) is 0 Å². The number of aliphatic imine (C=N–C) groups is 1. The third-order valence-electron chi connectivity index (χ3n) is 4.20. The molecule has 0 unspecified atom stereocenters. The van der Waals surface area contributed by atoms with Gasteiger partial charge in [-0.3, -0.25) is 4.99 Å². The fourth-order valence-corrected chi connectivity index (χ4v) is 2.71. The zero-order chi connectivity index (χ0) is 18.9. The van der Waals surface area contributed by atoms with Crippen molar-refractivity contribution in [3.63, 3.8) is 0 Å². The van der Waals surface area contributed by atoms with Crippen LogP contribution in [0.1, 0.15) is 36.4 Å². The smallest absolute Gasteiger partial charge is 0.191 e. The van der Waals surface area contributed by atoms with Crippen LogP contribution in [-0.4, -0.2) is 32.4 Å². The van der Waals surface area contributed by atoms with Crippen LogP contribution in [0.25, 0.3) is 0 Å². The second-order valence-corrected chi connectivity index (χ2v) is 5.70. The summed E-state index contributed by atoms with van der Waals surface area (Å²) in [5, 5.41) is 10.8. The van der Waals surface area contributed by atoms with Crippen LogP contribution in [0.4, 0.5) is 0 Å². The monoisotopic (exact) mass is 360 g/mol. The molecule has 1 heterocycles. The molecule has 142 valence electrons. The maximum atomic E-state index is 5.43. The van der Waals surface area contributed by atoms with Gasteiger partial charge in [-0.15, -0.1) is 0 Å².